The number of nitrogens with zero attached hydrogens (tertiary/aromatic N) is 1. The van der Waals surface area contributed by atoms with Crippen molar-refractivity contribution in [2.75, 3.05) is 19.7 Å². The van der Waals surface area contributed by atoms with E-state index in [1.807, 2.05) is 4.90 Å². The molecule has 1 aliphatic heterocycles. The Bertz CT molecular complexity index is 1040. The Balaban J connectivity index is 1.83. The van der Waals surface area contributed by atoms with Crippen molar-refractivity contribution in [3.05, 3.63) is 70.3 Å². The van der Waals surface area contributed by atoms with Crippen LogP contribution >= 0.6 is 0 Å². The van der Waals surface area contributed by atoms with Crippen molar-refractivity contribution < 1.29 is 19.1 Å². The molecule has 0 saturated carbocycles. The second-order valence-corrected chi connectivity index (χ2v) is 7.73. The average molecular weight is 437 g/mol. The van der Waals surface area contributed by atoms with Gasteiger partial charge in [-0.3, -0.25) is 15.0 Å². The van der Waals surface area contributed by atoms with Crippen molar-refractivity contribution in [2.45, 2.75) is 32.7 Å². The molecule has 2 aromatic carbocycles. The van der Waals surface area contributed by atoms with Gasteiger partial charge in [0.25, 0.3) is 11.8 Å². The lowest BCUT2D eigenvalue weighted by Gasteiger charge is -2.19. The van der Waals surface area contributed by atoms with E-state index in [-0.39, 0.29) is 18.3 Å². The zero-order valence-electron chi connectivity index (χ0n) is 18.3. The van der Waals surface area contributed by atoms with Gasteiger partial charge in [-0.05, 0) is 62.1 Å². The Morgan fingerprint density at radius 1 is 1.12 bits per heavy atom. The number of rotatable bonds is 7. The highest BCUT2D eigenvalue weighted by Crippen LogP contribution is 2.20. The number of nitrogen functional groups attached to an aromatic ring is 1. The average Bonchev–Trinajstić information content (AvgIpc) is 3.32. The Morgan fingerprint density at radius 3 is 2.47 bits per heavy atom. The predicted molar refractivity (Wildman–Crippen MR) is 121 cm³/mol. The summed E-state index contributed by atoms with van der Waals surface area (Å²) < 4.78 is 5.14. The molecular weight excluding hydrogens is 408 g/mol. The Morgan fingerprint density at radius 2 is 1.84 bits per heavy atom. The second-order valence-electron chi connectivity index (χ2n) is 7.73. The maximum atomic E-state index is 13.0. The molecule has 0 bridgehead atoms. The van der Waals surface area contributed by atoms with Gasteiger partial charge in [-0.25, -0.2) is 4.79 Å². The number of nitrogens with two attached hydrogens (primary N) is 1. The van der Waals surface area contributed by atoms with Gasteiger partial charge in [0.1, 0.15) is 5.84 Å². The summed E-state index contributed by atoms with van der Waals surface area (Å²) in [5, 5.41) is 10.3. The topological polar surface area (TPSA) is 126 Å². The van der Waals surface area contributed by atoms with E-state index < -0.39 is 17.9 Å². The highest BCUT2D eigenvalue weighted by molar-refractivity contribution is 6.00. The van der Waals surface area contributed by atoms with Gasteiger partial charge in [0, 0.05) is 29.8 Å². The lowest BCUT2D eigenvalue weighted by atomic mass is 10.0. The van der Waals surface area contributed by atoms with Crippen LogP contribution in [0, 0.1) is 12.3 Å². The van der Waals surface area contributed by atoms with Crippen LogP contribution < -0.4 is 11.1 Å². The summed E-state index contributed by atoms with van der Waals surface area (Å²) in [7, 11) is 0. The van der Waals surface area contributed by atoms with Crippen molar-refractivity contribution >= 4 is 23.6 Å². The van der Waals surface area contributed by atoms with E-state index in [0.717, 1.165) is 25.9 Å². The quantitative estimate of drug-likeness (QED) is 0.349. The molecule has 2 amide bonds. The largest absolute Gasteiger partial charge is 0.464 e. The van der Waals surface area contributed by atoms with Crippen LogP contribution in [0.25, 0.3) is 0 Å². The van der Waals surface area contributed by atoms with Crippen molar-refractivity contribution in [3.8, 4) is 0 Å². The number of nitrogens with one attached hydrogen (secondary N) is 2. The predicted octanol–water partition coefficient (Wildman–Crippen LogP) is 2.55. The van der Waals surface area contributed by atoms with Crippen molar-refractivity contribution in [2.24, 2.45) is 5.73 Å². The third-order valence-electron chi connectivity index (χ3n) is 5.44. The zero-order chi connectivity index (χ0) is 23.3. The van der Waals surface area contributed by atoms with E-state index in [0.29, 0.717) is 27.8 Å². The van der Waals surface area contributed by atoms with Gasteiger partial charge in [-0.15, -0.1) is 0 Å². The molecule has 1 atom stereocenters. The van der Waals surface area contributed by atoms with E-state index in [2.05, 4.69) is 5.32 Å². The standard InChI is InChI=1S/C24H28N4O4/c1-3-32-24(31)20(16-7-6-8-17(14-16)21(25)26)27-22(29)18-9-10-19(15(2)13-18)23(30)28-11-4-5-12-28/h6-10,13-14,20H,3-5,11-12H2,1-2H3,(H3,25,26)(H,27,29). The van der Waals surface area contributed by atoms with Gasteiger partial charge in [0.15, 0.2) is 6.04 Å². The van der Waals surface area contributed by atoms with Gasteiger partial charge in [-0.2, -0.15) is 0 Å². The van der Waals surface area contributed by atoms with E-state index in [1.165, 1.54) is 0 Å². The molecule has 1 saturated heterocycles. The van der Waals surface area contributed by atoms with Gasteiger partial charge < -0.3 is 20.7 Å². The molecule has 0 radical (unpaired) electrons. The summed E-state index contributed by atoms with van der Waals surface area (Å²) in [5.74, 6) is -1.26. The number of likely N-dealkylation sites (tertiary alicyclic amines) is 1. The molecular formula is C24H28N4O4. The Labute approximate surface area is 187 Å². The zero-order valence-corrected chi connectivity index (χ0v) is 18.3. The third-order valence-corrected chi connectivity index (χ3v) is 5.44. The monoisotopic (exact) mass is 436 g/mol. The normalized spacial score (nSPS) is 14.0. The number of hydrogen-bond donors (Lipinski definition) is 3. The number of esters is 1. The van der Waals surface area contributed by atoms with E-state index >= 15 is 0 Å². The van der Waals surface area contributed by atoms with Crippen LogP contribution in [-0.4, -0.2) is 48.2 Å². The molecule has 0 spiro atoms. The fourth-order valence-electron chi connectivity index (χ4n) is 3.74. The van der Waals surface area contributed by atoms with Crippen LogP contribution in [0.1, 0.15) is 63.2 Å². The van der Waals surface area contributed by atoms with E-state index in [1.54, 1.807) is 56.3 Å². The molecule has 3 rings (SSSR count). The van der Waals surface area contributed by atoms with Gasteiger partial charge in [0.2, 0.25) is 0 Å². The molecule has 1 fully saturated rings. The molecule has 8 heteroatoms. The summed E-state index contributed by atoms with van der Waals surface area (Å²) in [6.07, 6.45) is 2.01. The SMILES string of the molecule is CCOC(=O)C(NC(=O)c1ccc(C(=O)N2CCCC2)c(C)c1)c1cccc(C(=N)N)c1. The summed E-state index contributed by atoms with van der Waals surface area (Å²) in [6.45, 7) is 5.13. The van der Waals surface area contributed by atoms with E-state index in [4.69, 9.17) is 15.9 Å². The van der Waals surface area contributed by atoms with Crippen molar-refractivity contribution in [1.82, 2.24) is 10.2 Å². The molecule has 168 valence electrons. The fraction of sp³-hybridized carbons (Fsp3) is 0.333. The van der Waals surface area contributed by atoms with Crippen LogP contribution in [0.2, 0.25) is 0 Å². The minimum atomic E-state index is -1.06. The lowest BCUT2D eigenvalue weighted by molar-refractivity contribution is -0.145. The number of benzene rings is 2. The first-order valence-electron chi connectivity index (χ1n) is 10.6. The first-order chi connectivity index (χ1) is 15.3. The molecule has 0 aliphatic carbocycles. The molecule has 0 aromatic heterocycles. The Hall–Kier alpha value is -3.68. The van der Waals surface area contributed by atoms with Crippen LogP contribution in [-0.2, 0) is 9.53 Å². The van der Waals surface area contributed by atoms with Crippen LogP contribution in [0.5, 0.6) is 0 Å². The number of hydrogen-bond acceptors (Lipinski definition) is 5. The van der Waals surface area contributed by atoms with Gasteiger partial charge >= 0.3 is 5.97 Å². The lowest BCUT2D eigenvalue weighted by Crippen LogP contribution is -2.35. The van der Waals surface area contributed by atoms with Crippen molar-refractivity contribution in [3.63, 3.8) is 0 Å². The second kappa shape index (κ2) is 10.1. The number of ether oxygens (including phenoxy) is 1. The molecule has 8 nitrogen and oxygen atoms in total. The maximum absolute atomic E-state index is 13.0. The minimum Gasteiger partial charge on any atom is -0.464 e. The smallest absolute Gasteiger partial charge is 0.333 e. The fourth-order valence-corrected chi connectivity index (χ4v) is 3.74. The first kappa shape index (κ1) is 23.0. The molecule has 1 aliphatic rings. The van der Waals surface area contributed by atoms with Crippen LogP contribution in [0.4, 0.5) is 0 Å². The highest BCUT2D eigenvalue weighted by Gasteiger charge is 2.26. The number of carbonyl (C=O) groups is 3. The molecule has 4 N–H and O–H groups in total. The summed E-state index contributed by atoms with van der Waals surface area (Å²) in [5.41, 5.74) is 8.05. The van der Waals surface area contributed by atoms with Crippen LogP contribution in [0.15, 0.2) is 42.5 Å². The maximum Gasteiger partial charge on any atom is 0.333 e. The van der Waals surface area contributed by atoms with Crippen LogP contribution in [0.3, 0.4) is 0 Å². The summed E-state index contributed by atoms with van der Waals surface area (Å²) in [6, 6.07) is 10.4. The highest BCUT2D eigenvalue weighted by atomic mass is 16.5. The number of aryl methyl sites for hydroxylation is 1. The molecule has 1 unspecified atom stereocenters. The van der Waals surface area contributed by atoms with E-state index in [9.17, 15) is 14.4 Å². The summed E-state index contributed by atoms with van der Waals surface area (Å²) >= 11 is 0. The first-order valence-corrected chi connectivity index (χ1v) is 10.6. The Kier molecular flexibility index (Phi) is 7.25. The number of amides is 2. The molecule has 32 heavy (non-hydrogen) atoms. The molecule has 2 aromatic rings. The minimum absolute atomic E-state index is 0.0302. The third kappa shape index (κ3) is 5.14. The molecule has 1 heterocycles. The summed E-state index contributed by atoms with van der Waals surface area (Å²) in [4.78, 5) is 40.1. The number of carbonyl (C=O) groups excluding carboxylic acids is 3. The number of amidine groups is 1. The van der Waals surface area contributed by atoms with Crippen molar-refractivity contribution in [1.29, 1.82) is 5.41 Å². The van der Waals surface area contributed by atoms with Gasteiger partial charge in [0.05, 0.1) is 6.61 Å². The van der Waals surface area contributed by atoms with Gasteiger partial charge in [-0.1, -0.05) is 18.2 Å².